The molecule has 12 N–H and O–H groups in total. The number of nitrogens with zero attached hydrogens (tertiary/aromatic N) is 1. The Morgan fingerprint density at radius 2 is 1.02 bits per heavy atom. The number of nitrogens with one attached hydrogen (secondary N) is 7. The van der Waals surface area contributed by atoms with Crippen LogP contribution < -0.4 is 43.4 Å². The van der Waals surface area contributed by atoms with Crippen LogP contribution in [0.4, 0.5) is 0 Å². The molecule has 0 saturated carbocycles. The summed E-state index contributed by atoms with van der Waals surface area (Å²) in [5, 5.41) is 26.2. The van der Waals surface area contributed by atoms with E-state index < -0.39 is 83.6 Å². The first-order chi connectivity index (χ1) is 31.4. The molecule has 1 aromatic heterocycles. The standard InChI is InChI=1S/C48H88N10O8/c1-8-9-10-11-12-13-14-15-16-17-18-25-40(59)53-38(28-32(2)3)45(62)56-39(29-35-30-51-31-52-35)46(63)54-36(23-19-21-26-49)43(60)57-41(33(4)5)47(64)55-37(24-20-22-27-50)44(61)58-42(34(6)7)48(65)66/h30-34,36-39,41-42H,8-29,49-50H2,1-7H3,(H,51,52)(H,53,59)(H,54,63)(H,55,64)(H,56,62)(H,57,60)(H,58,61)(H,65,66)/t36-,37-,38-,39-,41-,42-/m0/s1. The Labute approximate surface area is 394 Å². The summed E-state index contributed by atoms with van der Waals surface area (Å²) >= 11 is 0. The maximum Gasteiger partial charge on any atom is 0.326 e. The van der Waals surface area contributed by atoms with Crippen molar-refractivity contribution in [1.29, 1.82) is 0 Å². The molecule has 1 rings (SSSR count). The molecule has 6 amide bonds. The highest BCUT2D eigenvalue weighted by Gasteiger charge is 2.35. The van der Waals surface area contributed by atoms with Gasteiger partial charge in [-0.1, -0.05) is 113 Å². The maximum absolute atomic E-state index is 14.2. The van der Waals surface area contributed by atoms with Gasteiger partial charge in [0.15, 0.2) is 0 Å². The smallest absolute Gasteiger partial charge is 0.326 e. The number of hydrogen-bond acceptors (Lipinski definition) is 10. The third kappa shape index (κ3) is 25.4. The fourth-order valence-electron chi connectivity index (χ4n) is 7.63. The number of aromatic amines is 1. The molecule has 66 heavy (non-hydrogen) atoms. The highest BCUT2D eigenvalue weighted by atomic mass is 16.4. The van der Waals surface area contributed by atoms with Crippen molar-refractivity contribution in [1.82, 2.24) is 41.9 Å². The molecule has 18 heteroatoms. The first-order valence-electron chi connectivity index (χ1n) is 24.9. The van der Waals surface area contributed by atoms with Crippen molar-refractivity contribution in [3.63, 3.8) is 0 Å². The third-order valence-corrected chi connectivity index (χ3v) is 11.6. The van der Waals surface area contributed by atoms with Gasteiger partial charge in [-0.2, -0.15) is 0 Å². The van der Waals surface area contributed by atoms with Crippen LogP contribution >= 0.6 is 0 Å². The zero-order chi connectivity index (χ0) is 49.4. The minimum absolute atomic E-state index is 0.0000240. The van der Waals surface area contributed by atoms with Gasteiger partial charge in [0.2, 0.25) is 35.4 Å². The highest BCUT2D eigenvalue weighted by Crippen LogP contribution is 2.14. The van der Waals surface area contributed by atoms with Gasteiger partial charge in [0, 0.05) is 24.7 Å². The molecule has 1 heterocycles. The Morgan fingerprint density at radius 1 is 0.561 bits per heavy atom. The average Bonchev–Trinajstić information content (AvgIpc) is 3.78. The second kappa shape index (κ2) is 34.7. The zero-order valence-electron chi connectivity index (χ0n) is 41.3. The van der Waals surface area contributed by atoms with Crippen LogP contribution in [0.25, 0.3) is 0 Å². The van der Waals surface area contributed by atoms with Gasteiger partial charge in [-0.05, 0) is 82.2 Å². The predicted octanol–water partition coefficient (Wildman–Crippen LogP) is 4.26. The van der Waals surface area contributed by atoms with E-state index in [2.05, 4.69) is 48.8 Å². The van der Waals surface area contributed by atoms with Crippen LogP contribution in [0.5, 0.6) is 0 Å². The molecule has 0 aromatic carbocycles. The molecular weight excluding hydrogens is 845 g/mol. The van der Waals surface area contributed by atoms with Crippen LogP contribution in [-0.2, 0) is 40.0 Å². The Morgan fingerprint density at radius 3 is 1.47 bits per heavy atom. The lowest BCUT2D eigenvalue weighted by atomic mass is 9.99. The first-order valence-corrected chi connectivity index (χ1v) is 24.9. The summed E-state index contributed by atoms with van der Waals surface area (Å²) in [6.45, 7) is 13.6. The number of rotatable bonds is 38. The van der Waals surface area contributed by atoms with Crippen LogP contribution in [0.15, 0.2) is 12.5 Å². The molecule has 0 saturated heterocycles. The molecule has 0 bridgehead atoms. The van der Waals surface area contributed by atoms with Gasteiger partial charge in [0.25, 0.3) is 0 Å². The molecule has 0 aliphatic heterocycles. The topological polar surface area (TPSA) is 293 Å². The minimum Gasteiger partial charge on any atom is -0.480 e. The Hall–Kier alpha value is -4.58. The quantitative estimate of drug-likeness (QED) is 0.0418. The number of aromatic nitrogens is 2. The highest BCUT2D eigenvalue weighted by molar-refractivity contribution is 5.97. The van der Waals surface area contributed by atoms with Crippen LogP contribution in [0.1, 0.15) is 176 Å². The van der Waals surface area contributed by atoms with Gasteiger partial charge in [-0.15, -0.1) is 0 Å². The number of hydrogen-bond donors (Lipinski definition) is 10. The maximum atomic E-state index is 14.2. The molecule has 0 fully saturated rings. The number of carbonyl (C=O) groups is 7. The van der Waals surface area contributed by atoms with Crippen molar-refractivity contribution in [2.45, 2.75) is 213 Å². The Kier molecular flexibility index (Phi) is 31.2. The number of carbonyl (C=O) groups excluding carboxylic acids is 6. The Balaban J connectivity index is 3.18. The minimum atomic E-state index is -1.21. The van der Waals surface area contributed by atoms with E-state index in [-0.39, 0.29) is 37.5 Å². The van der Waals surface area contributed by atoms with Gasteiger partial charge in [-0.3, -0.25) is 28.8 Å². The summed E-state index contributed by atoms with van der Waals surface area (Å²) in [7, 11) is 0. The van der Waals surface area contributed by atoms with Gasteiger partial charge in [0.05, 0.1) is 6.33 Å². The summed E-state index contributed by atoms with van der Waals surface area (Å²) in [5.74, 6) is -5.50. The lowest BCUT2D eigenvalue weighted by Crippen LogP contribution is -2.60. The van der Waals surface area contributed by atoms with E-state index >= 15 is 0 Å². The first kappa shape index (κ1) is 59.4. The molecule has 1 aromatic rings. The predicted molar refractivity (Wildman–Crippen MR) is 258 cm³/mol. The van der Waals surface area contributed by atoms with Crippen molar-refractivity contribution in [3.05, 3.63) is 18.2 Å². The van der Waals surface area contributed by atoms with E-state index in [9.17, 15) is 38.7 Å². The van der Waals surface area contributed by atoms with E-state index in [0.29, 0.717) is 57.3 Å². The van der Waals surface area contributed by atoms with E-state index in [0.717, 1.165) is 19.3 Å². The zero-order valence-corrected chi connectivity index (χ0v) is 41.3. The molecule has 0 aliphatic rings. The molecule has 0 unspecified atom stereocenters. The van der Waals surface area contributed by atoms with Gasteiger partial charge < -0.3 is 53.5 Å². The van der Waals surface area contributed by atoms with Gasteiger partial charge >= 0.3 is 5.97 Å². The summed E-state index contributed by atoms with van der Waals surface area (Å²) in [5.41, 5.74) is 12.0. The lowest BCUT2D eigenvalue weighted by molar-refractivity contribution is -0.143. The number of unbranched alkanes of at least 4 members (excludes halogenated alkanes) is 12. The van der Waals surface area contributed by atoms with Gasteiger partial charge in [-0.25, -0.2) is 9.78 Å². The van der Waals surface area contributed by atoms with Crippen LogP contribution in [0, 0.1) is 17.8 Å². The fraction of sp³-hybridized carbons (Fsp3) is 0.792. The number of H-pyrrole nitrogens is 1. The molecule has 0 radical (unpaired) electrons. The molecule has 18 nitrogen and oxygen atoms in total. The normalized spacial score (nSPS) is 14.2. The molecule has 0 aliphatic carbocycles. The molecular formula is C48H88N10O8. The number of imidazole rings is 1. The second-order valence-electron chi connectivity index (χ2n) is 18.9. The summed E-state index contributed by atoms with van der Waals surface area (Å²) in [4.78, 5) is 102. The van der Waals surface area contributed by atoms with Crippen molar-refractivity contribution >= 4 is 41.4 Å². The van der Waals surface area contributed by atoms with Crippen molar-refractivity contribution < 1.29 is 38.7 Å². The lowest BCUT2D eigenvalue weighted by Gasteiger charge is -2.29. The summed E-state index contributed by atoms with van der Waals surface area (Å²) in [6.07, 6.45) is 18.7. The van der Waals surface area contributed by atoms with E-state index in [1.165, 1.54) is 57.5 Å². The Bertz CT molecular complexity index is 1560. The third-order valence-electron chi connectivity index (χ3n) is 11.6. The number of carboxylic acid groups (broad SMARTS) is 1. The monoisotopic (exact) mass is 933 g/mol. The van der Waals surface area contributed by atoms with Gasteiger partial charge in [0.1, 0.15) is 36.3 Å². The molecule has 6 atom stereocenters. The van der Waals surface area contributed by atoms with E-state index in [1.54, 1.807) is 27.7 Å². The number of aliphatic carboxylic acids is 1. The van der Waals surface area contributed by atoms with Crippen LogP contribution in [0.3, 0.4) is 0 Å². The van der Waals surface area contributed by atoms with Crippen molar-refractivity contribution in [2.75, 3.05) is 13.1 Å². The van der Waals surface area contributed by atoms with Crippen molar-refractivity contribution in [2.24, 2.45) is 29.2 Å². The SMILES string of the molecule is CCCCCCCCCCCCCC(=O)N[C@@H](CC(C)C)C(=O)N[C@@H](Cc1cnc[nH]1)C(=O)N[C@@H](CCCCN)C(=O)N[C@H](C(=O)N[C@@H](CCCCN)C(=O)N[C@H](C(=O)O)C(C)C)C(C)C. The number of amides is 6. The molecule has 378 valence electrons. The number of nitrogens with two attached hydrogens (primary N) is 2. The van der Waals surface area contributed by atoms with Crippen LogP contribution in [-0.4, -0.2) is 106 Å². The second-order valence-corrected chi connectivity index (χ2v) is 18.9. The van der Waals surface area contributed by atoms with E-state index in [4.69, 9.17) is 11.5 Å². The summed E-state index contributed by atoms with van der Waals surface area (Å²) in [6, 6.07) is -6.68. The van der Waals surface area contributed by atoms with Crippen LogP contribution in [0.2, 0.25) is 0 Å². The largest absolute Gasteiger partial charge is 0.480 e. The molecule has 0 spiro atoms. The summed E-state index contributed by atoms with van der Waals surface area (Å²) < 4.78 is 0. The number of carboxylic acids is 1. The average molecular weight is 933 g/mol. The fourth-order valence-corrected chi connectivity index (χ4v) is 7.63. The van der Waals surface area contributed by atoms with Crippen molar-refractivity contribution in [3.8, 4) is 0 Å². The van der Waals surface area contributed by atoms with E-state index in [1.807, 2.05) is 13.8 Å².